The van der Waals surface area contributed by atoms with Gasteiger partial charge in [-0.05, 0) is 31.2 Å². The Bertz CT molecular complexity index is 452. The highest BCUT2D eigenvalue weighted by atomic mass is 32.2. The number of carbonyl (C=O) groups is 2. The molecule has 1 aromatic rings. The van der Waals surface area contributed by atoms with Gasteiger partial charge in [0.05, 0.1) is 0 Å². The maximum absolute atomic E-state index is 12.1. The number of thioether (sulfide) groups is 1. The molecule has 2 N–H and O–H groups in total. The molecule has 1 heterocycles. The number of hydroxylamine groups is 1. The molecule has 0 saturated heterocycles. The Labute approximate surface area is 123 Å². The molecule has 1 aromatic heterocycles. The first-order valence-electron chi connectivity index (χ1n) is 6.64. The Morgan fingerprint density at radius 3 is 2.60 bits per heavy atom. The zero-order valence-electron chi connectivity index (χ0n) is 11.6. The molecule has 6 heteroatoms. The van der Waals surface area contributed by atoms with E-state index in [1.54, 1.807) is 17.7 Å². The van der Waals surface area contributed by atoms with E-state index in [1.807, 2.05) is 12.3 Å². The highest BCUT2D eigenvalue weighted by molar-refractivity contribution is 7.98. The molecule has 0 saturated carbocycles. The van der Waals surface area contributed by atoms with Gasteiger partial charge in [0.25, 0.3) is 0 Å². The van der Waals surface area contributed by atoms with Crippen molar-refractivity contribution in [1.82, 2.24) is 10.5 Å². The lowest BCUT2D eigenvalue weighted by Gasteiger charge is -2.05. The van der Waals surface area contributed by atoms with Crippen LogP contribution in [0.15, 0.2) is 23.4 Å². The first-order chi connectivity index (χ1) is 9.69. The average molecular weight is 296 g/mol. The second kappa shape index (κ2) is 9.50. The van der Waals surface area contributed by atoms with Crippen LogP contribution in [0.5, 0.6) is 0 Å². The van der Waals surface area contributed by atoms with Crippen molar-refractivity contribution in [2.45, 2.75) is 43.6 Å². The number of nitrogens with zero attached hydrogens (tertiary/aromatic N) is 1. The van der Waals surface area contributed by atoms with E-state index in [0.717, 1.165) is 30.7 Å². The Morgan fingerprint density at radius 1 is 1.25 bits per heavy atom. The minimum atomic E-state index is -0.360. The summed E-state index contributed by atoms with van der Waals surface area (Å²) in [6, 6.07) is 3.59. The van der Waals surface area contributed by atoms with Crippen LogP contribution in [0.4, 0.5) is 0 Å². The van der Waals surface area contributed by atoms with E-state index in [2.05, 4.69) is 4.98 Å². The lowest BCUT2D eigenvalue weighted by molar-refractivity contribution is -0.129. The van der Waals surface area contributed by atoms with Gasteiger partial charge in [-0.2, -0.15) is 0 Å². The van der Waals surface area contributed by atoms with Crippen LogP contribution in [-0.4, -0.2) is 28.1 Å². The van der Waals surface area contributed by atoms with E-state index >= 15 is 0 Å². The van der Waals surface area contributed by atoms with Crippen molar-refractivity contribution >= 4 is 23.5 Å². The van der Waals surface area contributed by atoms with Crippen LogP contribution in [0.25, 0.3) is 0 Å². The van der Waals surface area contributed by atoms with Crippen LogP contribution < -0.4 is 5.48 Å². The number of hydrogen-bond acceptors (Lipinski definition) is 5. The fourth-order valence-electron chi connectivity index (χ4n) is 1.88. The Hall–Kier alpha value is -1.40. The topological polar surface area (TPSA) is 79.3 Å². The summed E-state index contributed by atoms with van der Waals surface area (Å²) in [4.78, 5) is 27.0. The molecule has 0 aliphatic carbocycles. The second-order valence-electron chi connectivity index (χ2n) is 4.43. The summed E-state index contributed by atoms with van der Waals surface area (Å²) in [5, 5.41) is 9.11. The molecule has 20 heavy (non-hydrogen) atoms. The number of pyridine rings is 1. The number of unbranched alkanes of at least 4 members (excludes halogenated alkanes) is 3. The largest absolute Gasteiger partial charge is 0.294 e. The van der Waals surface area contributed by atoms with E-state index in [0.29, 0.717) is 18.4 Å². The quantitative estimate of drug-likeness (QED) is 0.241. The SMILES string of the molecule is CSc1ncccc1C(=O)CCCCCCC(=O)NO. The summed E-state index contributed by atoms with van der Waals surface area (Å²) in [6.45, 7) is 0. The number of aromatic nitrogens is 1. The summed E-state index contributed by atoms with van der Waals surface area (Å²) in [5.41, 5.74) is 2.30. The number of amides is 1. The summed E-state index contributed by atoms with van der Waals surface area (Å²) in [5.74, 6) is -0.239. The van der Waals surface area contributed by atoms with Gasteiger partial charge in [0.1, 0.15) is 5.03 Å². The molecular formula is C14H20N2O3S. The van der Waals surface area contributed by atoms with Crippen molar-refractivity contribution < 1.29 is 14.8 Å². The standard InChI is InChI=1S/C14H20N2O3S/c1-20-14-11(7-6-10-15-14)12(17)8-4-2-3-5-9-13(18)16-19/h6-7,10,19H,2-5,8-9H2,1H3,(H,16,18). The van der Waals surface area contributed by atoms with Gasteiger partial charge in [-0.3, -0.25) is 14.8 Å². The van der Waals surface area contributed by atoms with Gasteiger partial charge < -0.3 is 0 Å². The van der Waals surface area contributed by atoms with Crippen LogP contribution in [-0.2, 0) is 4.79 Å². The molecule has 0 aliphatic heterocycles. The van der Waals surface area contributed by atoms with Crippen molar-refractivity contribution in [2.24, 2.45) is 0 Å². The van der Waals surface area contributed by atoms with Crippen molar-refractivity contribution in [3.8, 4) is 0 Å². The molecule has 0 bridgehead atoms. The smallest absolute Gasteiger partial charge is 0.243 e. The minimum Gasteiger partial charge on any atom is -0.294 e. The maximum atomic E-state index is 12.1. The van der Waals surface area contributed by atoms with Crippen molar-refractivity contribution in [3.63, 3.8) is 0 Å². The van der Waals surface area contributed by atoms with Gasteiger partial charge in [0.2, 0.25) is 5.91 Å². The molecule has 0 spiro atoms. The monoisotopic (exact) mass is 296 g/mol. The Morgan fingerprint density at radius 2 is 1.95 bits per heavy atom. The fraction of sp³-hybridized carbons (Fsp3) is 0.500. The predicted octanol–water partition coefficient (Wildman–Crippen LogP) is 2.83. The minimum absolute atomic E-state index is 0.121. The molecule has 0 atom stereocenters. The summed E-state index contributed by atoms with van der Waals surface area (Å²) < 4.78 is 0. The van der Waals surface area contributed by atoms with E-state index < -0.39 is 0 Å². The number of nitrogens with one attached hydrogen (secondary N) is 1. The van der Waals surface area contributed by atoms with Crippen LogP contribution in [0.2, 0.25) is 0 Å². The van der Waals surface area contributed by atoms with E-state index in [1.165, 1.54) is 11.8 Å². The third-order valence-electron chi connectivity index (χ3n) is 2.95. The summed E-state index contributed by atoms with van der Waals surface area (Å²) >= 11 is 1.48. The maximum Gasteiger partial charge on any atom is 0.243 e. The Kier molecular flexibility index (Phi) is 7.91. The summed E-state index contributed by atoms with van der Waals surface area (Å²) in [6.07, 6.45) is 7.74. The van der Waals surface area contributed by atoms with Gasteiger partial charge in [-0.25, -0.2) is 10.5 Å². The lowest BCUT2D eigenvalue weighted by atomic mass is 10.0. The van der Waals surface area contributed by atoms with Gasteiger partial charge in [0.15, 0.2) is 5.78 Å². The third-order valence-corrected chi connectivity index (χ3v) is 3.66. The number of ketones is 1. The molecule has 5 nitrogen and oxygen atoms in total. The highest BCUT2D eigenvalue weighted by Crippen LogP contribution is 2.19. The van der Waals surface area contributed by atoms with Crippen molar-refractivity contribution in [3.05, 3.63) is 23.9 Å². The zero-order chi connectivity index (χ0) is 14.8. The normalized spacial score (nSPS) is 10.3. The van der Waals surface area contributed by atoms with Crippen LogP contribution >= 0.6 is 11.8 Å². The number of rotatable bonds is 9. The van der Waals surface area contributed by atoms with Crippen LogP contribution in [0, 0.1) is 0 Å². The average Bonchev–Trinajstić information content (AvgIpc) is 2.49. The molecule has 0 radical (unpaired) electrons. The summed E-state index contributed by atoms with van der Waals surface area (Å²) in [7, 11) is 0. The second-order valence-corrected chi connectivity index (χ2v) is 5.23. The third kappa shape index (κ3) is 5.71. The van der Waals surface area contributed by atoms with Crippen molar-refractivity contribution in [1.29, 1.82) is 0 Å². The van der Waals surface area contributed by atoms with Crippen molar-refractivity contribution in [2.75, 3.05) is 6.26 Å². The van der Waals surface area contributed by atoms with E-state index in [4.69, 9.17) is 5.21 Å². The number of hydrogen-bond donors (Lipinski definition) is 2. The number of Topliss-reactive ketones (excluding diaryl/α,β-unsaturated/α-hetero) is 1. The van der Waals surface area contributed by atoms with Crippen LogP contribution in [0.3, 0.4) is 0 Å². The predicted molar refractivity (Wildman–Crippen MR) is 78.0 cm³/mol. The van der Waals surface area contributed by atoms with E-state index in [-0.39, 0.29) is 11.7 Å². The molecular weight excluding hydrogens is 276 g/mol. The highest BCUT2D eigenvalue weighted by Gasteiger charge is 2.10. The first-order valence-corrected chi connectivity index (χ1v) is 7.86. The molecule has 1 rings (SSSR count). The molecule has 0 fully saturated rings. The molecule has 110 valence electrons. The molecule has 0 unspecified atom stereocenters. The lowest BCUT2D eigenvalue weighted by Crippen LogP contribution is -2.17. The van der Waals surface area contributed by atoms with Gasteiger partial charge in [0, 0.05) is 24.6 Å². The fourth-order valence-corrected chi connectivity index (χ4v) is 2.45. The van der Waals surface area contributed by atoms with Gasteiger partial charge >= 0.3 is 0 Å². The molecule has 0 aromatic carbocycles. The zero-order valence-corrected chi connectivity index (χ0v) is 12.4. The molecule has 0 aliphatic rings. The van der Waals surface area contributed by atoms with Gasteiger partial charge in [-0.15, -0.1) is 11.8 Å². The van der Waals surface area contributed by atoms with Gasteiger partial charge in [-0.1, -0.05) is 12.8 Å². The number of carbonyl (C=O) groups excluding carboxylic acids is 2. The van der Waals surface area contributed by atoms with Crippen LogP contribution in [0.1, 0.15) is 48.9 Å². The molecule has 1 amide bonds. The van der Waals surface area contributed by atoms with E-state index in [9.17, 15) is 9.59 Å². The Balaban J connectivity index is 2.25. The first kappa shape index (κ1) is 16.7.